The van der Waals surface area contributed by atoms with Crippen molar-refractivity contribution < 1.29 is 0 Å². The summed E-state index contributed by atoms with van der Waals surface area (Å²) in [6, 6.07) is 63.7. The number of para-hydroxylation sites is 5. The van der Waals surface area contributed by atoms with E-state index in [0.29, 0.717) is 0 Å². The van der Waals surface area contributed by atoms with Gasteiger partial charge in [-0.3, -0.25) is 9.13 Å². The Hall–Kier alpha value is -7.76. The van der Waals surface area contributed by atoms with Crippen LogP contribution in [0.1, 0.15) is 0 Å². The second-order valence-corrected chi connectivity index (χ2v) is 15.3. The average Bonchev–Trinajstić information content (AvgIpc) is 4.00. The third-order valence-electron chi connectivity index (χ3n) is 12.5. The molecule has 0 spiro atoms. The van der Waals surface area contributed by atoms with E-state index in [2.05, 4.69) is 189 Å². The molecule has 57 heavy (non-hydrogen) atoms. The van der Waals surface area contributed by atoms with Gasteiger partial charge in [0.25, 0.3) is 0 Å². The Bertz CT molecular complexity index is 4050. The molecule has 0 aliphatic rings. The molecule has 9 aromatic carbocycles. The Kier molecular flexibility index (Phi) is 5.45. The molecule has 0 aliphatic carbocycles. The van der Waals surface area contributed by atoms with Crippen molar-refractivity contribution in [1.82, 2.24) is 23.5 Å². The van der Waals surface area contributed by atoms with Gasteiger partial charge in [0.05, 0.1) is 49.7 Å². The van der Waals surface area contributed by atoms with Crippen LogP contribution in [0.3, 0.4) is 0 Å². The topological polar surface area (TPSA) is 40.0 Å². The van der Waals surface area contributed by atoms with Crippen LogP contribution in [0.4, 0.5) is 0 Å². The molecular weight excluding hydrogens is 695 g/mol. The van der Waals surface area contributed by atoms with Crippen LogP contribution in [0.2, 0.25) is 0 Å². The van der Waals surface area contributed by atoms with E-state index >= 15 is 0 Å². The van der Waals surface area contributed by atoms with E-state index in [4.69, 9.17) is 9.97 Å². The number of rotatable bonds is 2. The number of aromatic nitrogens is 5. The molecule has 0 bridgehead atoms. The molecule has 0 saturated carbocycles. The summed E-state index contributed by atoms with van der Waals surface area (Å²) in [5.41, 5.74) is 9.84. The highest BCUT2D eigenvalue weighted by atomic mass is 15.2. The molecule has 0 saturated heterocycles. The molecule has 5 heterocycles. The van der Waals surface area contributed by atoms with E-state index in [1.54, 1.807) is 0 Å². The summed E-state index contributed by atoms with van der Waals surface area (Å²) in [5.74, 6) is 1.59. The zero-order valence-corrected chi connectivity index (χ0v) is 30.5. The van der Waals surface area contributed by atoms with Gasteiger partial charge < -0.3 is 4.40 Å². The van der Waals surface area contributed by atoms with Gasteiger partial charge in [0.15, 0.2) is 11.6 Å². The maximum absolute atomic E-state index is 5.67. The summed E-state index contributed by atoms with van der Waals surface area (Å²) >= 11 is 0. The predicted molar refractivity (Wildman–Crippen MR) is 238 cm³/mol. The monoisotopic (exact) mass is 723 g/mol. The normalized spacial score (nSPS) is 12.6. The number of hydrogen-bond donors (Lipinski definition) is 0. The van der Waals surface area contributed by atoms with Crippen molar-refractivity contribution >= 4 is 114 Å². The smallest absolute Gasteiger partial charge is 0.182 e. The predicted octanol–water partition coefficient (Wildman–Crippen LogP) is 13.3. The first kappa shape index (κ1) is 29.6. The Labute approximate surface area is 324 Å². The minimum Gasteiger partial charge on any atom is -0.308 e. The van der Waals surface area contributed by atoms with Crippen molar-refractivity contribution in [2.75, 3.05) is 0 Å². The van der Waals surface area contributed by atoms with Crippen molar-refractivity contribution in [2.24, 2.45) is 0 Å². The van der Waals surface area contributed by atoms with Gasteiger partial charge in [0, 0.05) is 48.5 Å². The van der Waals surface area contributed by atoms with Crippen molar-refractivity contribution in [3.63, 3.8) is 0 Å². The van der Waals surface area contributed by atoms with Crippen LogP contribution >= 0.6 is 0 Å². The van der Waals surface area contributed by atoms with Crippen LogP contribution in [-0.2, 0) is 0 Å². The standard InChI is InChI=1S/C52H29N5/c1-3-15-32-30(13-1)26-28-44-46(32)35-18-6-12-24-43(35)56(44)51-52(54-40-21-9-8-20-39(40)53-51)57-45-29-38-34-17-5-10-22-41(34)55-42-23-11-7-19-36(42)48(50(38)55)47(45)37-27-25-31-14-2-4-16-33(31)49(37)57/h1-29H. The van der Waals surface area contributed by atoms with Crippen molar-refractivity contribution in [1.29, 1.82) is 0 Å². The van der Waals surface area contributed by atoms with Crippen LogP contribution in [0.5, 0.6) is 0 Å². The van der Waals surface area contributed by atoms with Gasteiger partial charge in [-0.05, 0) is 58.6 Å². The molecule has 0 aliphatic heterocycles. The van der Waals surface area contributed by atoms with Gasteiger partial charge >= 0.3 is 0 Å². The number of fused-ring (bicyclic) bond motifs is 18. The highest BCUT2D eigenvalue weighted by Crippen LogP contribution is 2.48. The third kappa shape index (κ3) is 3.64. The lowest BCUT2D eigenvalue weighted by Gasteiger charge is -2.16. The van der Waals surface area contributed by atoms with E-state index < -0.39 is 0 Å². The lowest BCUT2D eigenvalue weighted by molar-refractivity contribution is 0.998. The van der Waals surface area contributed by atoms with E-state index in [1.165, 1.54) is 81.2 Å². The molecule has 0 radical (unpaired) electrons. The second-order valence-electron chi connectivity index (χ2n) is 15.3. The van der Waals surface area contributed by atoms with Crippen LogP contribution in [0, 0.1) is 0 Å². The molecule has 5 aromatic heterocycles. The molecule has 0 unspecified atom stereocenters. The fourth-order valence-corrected chi connectivity index (χ4v) is 10.2. The van der Waals surface area contributed by atoms with E-state index in [-0.39, 0.29) is 0 Å². The molecule has 262 valence electrons. The van der Waals surface area contributed by atoms with Gasteiger partial charge in [-0.15, -0.1) is 0 Å². The summed E-state index contributed by atoms with van der Waals surface area (Å²) in [6.45, 7) is 0. The molecule has 0 N–H and O–H groups in total. The van der Waals surface area contributed by atoms with Crippen LogP contribution in [0.25, 0.3) is 126 Å². The van der Waals surface area contributed by atoms with Gasteiger partial charge in [-0.2, -0.15) is 0 Å². The number of benzene rings is 9. The summed E-state index contributed by atoms with van der Waals surface area (Å²) in [6.07, 6.45) is 0. The quantitative estimate of drug-likeness (QED) is 0.178. The summed E-state index contributed by atoms with van der Waals surface area (Å²) in [4.78, 5) is 11.3. The first-order valence-electron chi connectivity index (χ1n) is 19.5. The van der Waals surface area contributed by atoms with Gasteiger partial charge in [-0.1, -0.05) is 133 Å². The molecular formula is C52H29N5. The minimum atomic E-state index is 0.793. The minimum absolute atomic E-state index is 0.793. The number of hydrogen-bond acceptors (Lipinski definition) is 2. The summed E-state index contributed by atoms with van der Waals surface area (Å²) in [7, 11) is 0. The van der Waals surface area contributed by atoms with E-state index in [9.17, 15) is 0 Å². The third-order valence-corrected chi connectivity index (χ3v) is 12.5. The fourth-order valence-electron chi connectivity index (χ4n) is 10.2. The van der Waals surface area contributed by atoms with Crippen LogP contribution < -0.4 is 0 Å². The lowest BCUT2D eigenvalue weighted by atomic mass is 10.0. The maximum Gasteiger partial charge on any atom is 0.182 e. The van der Waals surface area contributed by atoms with Crippen LogP contribution in [-0.4, -0.2) is 23.5 Å². The Balaban J connectivity index is 1.26. The highest BCUT2D eigenvalue weighted by Gasteiger charge is 2.28. The average molecular weight is 724 g/mol. The largest absolute Gasteiger partial charge is 0.308 e. The lowest BCUT2D eigenvalue weighted by Crippen LogP contribution is -2.09. The zero-order chi connectivity index (χ0) is 36.9. The summed E-state index contributed by atoms with van der Waals surface area (Å²) < 4.78 is 7.27. The first-order valence-corrected chi connectivity index (χ1v) is 19.5. The van der Waals surface area contributed by atoms with E-state index in [0.717, 1.165) is 44.7 Å². The molecule has 0 atom stereocenters. The van der Waals surface area contributed by atoms with Gasteiger partial charge in [0.1, 0.15) is 0 Å². The number of nitrogens with zero attached hydrogens (tertiary/aromatic N) is 5. The van der Waals surface area contributed by atoms with Crippen molar-refractivity contribution in [3.8, 4) is 11.6 Å². The molecule has 14 rings (SSSR count). The van der Waals surface area contributed by atoms with Gasteiger partial charge in [0.2, 0.25) is 0 Å². The van der Waals surface area contributed by atoms with E-state index in [1.807, 2.05) is 0 Å². The van der Waals surface area contributed by atoms with Crippen molar-refractivity contribution in [3.05, 3.63) is 176 Å². The second kappa shape index (κ2) is 10.5. The summed E-state index contributed by atoms with van der Waals surface area (Å²) in [5, 5.41) is 14.6. The maximum atomic E-state index is 5.67. The SMILES string of the molecule is c1ccc2c(c1)ccc1c2c2ccccc2n1-c1nc2ccccc2nc1-n1c2cc3c4ccccc4n4c5ccccc5c(c2c2ccc5ccccc5c21)c34. The molecule has 0 fully saturated rings. The molecule has 0 amide bonds. The molecule has 14 aromatic rings. The highest BCUT2D eigenvalue weighted by molar-refractivity contribution is 6.37. The van der Waals surface area contributed by atoms with Crippen LogP contribution in [0.15, 0.2) is 176 Å². The first-order chi connectivity index (χ1) is 28.3. The molecule has 5 heteroatoms. The van der Waals surface area contributed by atoms with Crippen molar-refractivity contribution in [2.45, 2.75) is 0 Å². The van der Waals surface area contributed by atoms with Gasteiger partial charge in [-0.25, -0.2) is 9.97 Å². The Morgan fingerprint density at radius 3 is 1.60 bits per heavy atom. The Morgan fingerprint density at radius 1 is 0.298 bits per heavy atom. The Morgan fingerprint density at radius 2 is 0.842 bits per heavy atom. The fraction of sp³-hybridized carbons (Fsp3) is 0. The zero-order valence-electron chi connectivity index (χ0n) is 30.5. The molecule has 5 nitrogen and oxygen atoms in total.